The fourth-order valence-electron chi connectivity index (χ4n) is 6.52. The van der Waals surface area contributed by atoms with Gasteiger partial charge in [0.05, 0.1) is 51.3 Å². The molecule has 3 aliphatic rings. The standard InChI is InChI=1S/C32H42FN7O3/c1-3-4-9-39(10-11-41)30-29-27(36-31(34)37-30)18-40(38-29)17-25-26(33)12-23(13-28(25)42-2)22-7-5-21(6-8-22)16-35-24-14-32(15-24)19-43-20-32/h7,12-13,16,18,21,24,41H,3-6,8-11,14-15,17,19-20H2,1-2H3,(H2,34,36). The van der Waals surface area contributed by atoms with Gasteiger partial charge in [-0.3, -0.25) is 9.67 Å². The number of aromatic nitrogens is 4. The first-order valence-electron chi connectivity index (χ1n) is 15.4. The number of allylic oxidation sites excluding steroid dienone is 2. The lowest BCUT2D eigenvalue weighted by atomic mass is 9.64. The van der Waals surface area contributed by atoms with Gasteiger partial charge >= 0.3 is 0 Å². The number of halogens is 1. The van der Waals surface area contributed by atoms with Gasteiger partial charge in [0.25, 0.3) is 0 Å². The van der Waals surface area contributed by atoms with Crippen molar-refractivity contribution in [2.45, 2.75) is 64.5 Å². The summed E-state index contributed by atoms with van der Waals surface area (Å²) < 4.78 is 28.4. The average molecular weight is 592 g/mol. The number of rotatable bonds is 12. The molecule has 0 radical (unpaired) electrons. The summed E-state index contributed by atoms with van der Waals surface area (Å²) in [5, 5.41) is 14.3. The molecule has 1 aliphatic heterocycles. The number of benzene rings is 1. The third-order valence-corrected chi connectivity index (χ3v) is 9.04. The van der Waals surface area contributed by atoms with E-state index in [1.54, 1.807) is 24.1 Å². The number of ether oxygens (including phenoxy) is 2. The number of aliphatic hydroxyl groups is 1. The predicted octanol–water partition coefficient (Wildman–Crippen LogP) is 4.64. The Morgan fingerprint density at radius 3 is 2.79 bits per heavy atom. The molecule has 1 unspecified atom stereocenters. The first-order valence-corrected chi connectivity index (χ1v) is 15.4. The number of unbranched alkanes of at least 4 members (excludes halogenated alkanes) is 1. The summed E-state index contributed by atoms with van der Waals surface area (Å²) in [6, 6.07) is 3.98. The molecule has 0 bridgehead atoms. The number of nitrogen functional groups attached to an aromatic ring is 1. The zero-order chi connectivity index (χ0) is 30.0. The van der Waals surface area contributed by atoms with Gasteiger partial charge in [-0.05, 0) is 67.7 Å². The minimum Gasteiger partial charge on any atom is -0.496 e. The van der Waals surface area contributed by atoms with Crippen LogP contribution >= 0.6 is 0 Å². The summed E-state index contributed by atoms with van der Waals surface area (Å²) in [5.41, 5.74) is 9.99. The van der Waals surface area contributed by atoms with E-state index in [2.05, 4.69) is 29.2 Å². The highest BCUT2D eigenvalue weighted by molar-refractivity contribution is 5.86. The van der Waals surface area contributed by atoms with Crippen LogP contribution in [-0.4, -0.2) is 77.1 Å². The third-order valence-electron chi connectivity index (χ3n) is 9.04. The van der Waals surface area contributed by atoms with E-state index in [9.17, 15) is 5.11 Å². The summed E-state index contributed by atoms with van der Waals surface area (Å²) >= 11 is 0. The van der Waals surface area contributed by atoms with Gasteiger partial charge in [-0.15, -0.1) is 0 Å². The third kappa shape index (κ3) is 6.24. The van der Waals surface area contributed by atoms with Crippen molar-refractivity contribution in [3.8, 4) is 5.75 Å². The van der Waals surface area contributed by atoms with Crippen molar-refractivity contribution in [2.75, 3.05) is 50.7 Å². The molecule has 2 aliphatic carbocycles. The molecule has 6 rings (SSSR count). The number of anilines is 2. The lowest BCUT2D eigenvalue weighted by Gasteiger charge is -2.51. The van der Waals surface area contributed by atoms with Gasteiger partial charge in [0.15, 0.2) is 11.3 Å². The number of nitrogens with two attached hydrogens (primary N) is 1. The molecule has 11 heteroatoms. The first kappa shape index (κ1) is 29.5. The van der Waals surface area contributed by atoms with Crippen molar-refractivity contribution in [1.29, 1.82) is 0 Å². The first-order chi connectivity index (χ1) is 20.9. The SMILES string of the molecule is CCCCN(CCO)c1nc(N)nc2cn(Cc3c(F)cc(C4=CCC(C=NC5CC6(COC6)C5)CC4)cc3OC)nc12. The number of aliphatic hydroxyl groups excluding tert-OH is 1. The van der Waals surface area contributed by atoms with E-state index in [0.717, 1.165) is 69.3 Å². The maximum atomic E-state index is 15.7. The average Bonchev–Trinajstić information content (AvgIpc) is 3.36. The second-order valence-corrected chi connectivity index (χ2v) is 12.3. The molecule has 230 valence electrons. The van der Waals surface area contributed by atoms with Crippen LogP contribution in [-0.2, 0) is 11.3 Å². The normalized spacial score (nSPS) is 19.9. The van der Waals surface area contributed by atoms with Crippen LogP contribution in [0.3, 0.4) is 0 Å². The molecule has 2 fully saturated rings. The Bertz CT molecular complexity index is 1510. The van der Waals surface area contributed by atoms with Gasteiger partial charge in [0, 0.05) is 24.7 Å². The largest absolute Gasteiger partial charge is 0.496 e. The van der Waals surface area contributed by atoms with Crippen LogP contribution in [0.4, 0.5) is 16.2 Å². The van der Waals surface area contributed by atoms with Crippen molar-refractivity contribution in [1.82, 2.24) is 19.7 Å². The molecule has 3 heterocycles. The molecule has 1 saturated carbocycles. The summed E-state index contributed by atoms with van der Waals surface area (Å²) in [7, 11) is 1.56. The highest BCUT2D eigenvalue weighted by atomic mass is 19.1. The van der Waals surface area contributed by atoms with E-state index in [0.29, 0.717) is 58.6 Å². The number of hydrogen-bond donors (Lipinski definition) is 2. The van der Waals surface area contributed by atoms with Crippen molar-refractivity contribution in [2.24, 2.45) is 16.3 Å². The van der Waals surface area contributed by atoms with E-state index in [1.807, 2.05) is 11.0 Å². The fourth-order valence-corrected chi connectivity index (χ4v) is 6.52. The molecule has 3 N–H and O–H groups in total. The number of nitrogens with zero attached hydrogens (tertiary/aromatic N) is 6. The van der Waals surface area contributed by atoms with Gasteiger partial charge in [-0.25, -0.2) is 9.37 Å². The van der Waals surface area contributed by atoms with Crippen LogP contribution < -0.4 is 15.4 Å². The number of hydrogen-bond acceptors (Lipinski definition) is 9. The lowest BCUT2D eigenvalue weighted by molar-refractivity contribution is -0.162. The van der Waals surface area contributed by atoms with Crippen molar-refractivity contribution in [3.63, 3.8) is 0 Å². The Morgan fingerprint density at radius 2 is 2.12 bits per heavy atom. The Labute approximate surface area is 251 Å². The highest BCUT2D eigenvalue weighted by Gasteiger charge is 2.49. The quantitative estimate of drug-likeness (QED) is 0.292. The zero-order valence-electron chi connectivity index (χ0n) is 25.1. The van der Waals surface area contributed by atoms with Gasteiger partial charge in [0.1, 0.15) is 17.1 Å². The molecule has 1 spiro atoms. The molecule has 43 heavy (non-hydrogen) atoms. The second-order valence-electron chi connectivity index (χ2n) is 12.3. The molecule has 1 aromatic carbocycles. The minimum absolute atomic E-state index is 0.0213. The Morgan fingerprint density at radius 1 is 1.28 bits per heavy atom. The monoisotopic (exact) mass is 591 g/mol. The van der Waals surface area contributed by atoms with Crippen LogP contribution in [0.15, 0.2) is 29.4 Å². The number of aliphatic imine (C=N–C) groups is 1. The molecule has 1 atom stereocenters. The smallest absolute Gasteiger partial charge is 0.222 e. The fraction of sp³-hybridized carbons (Fsp3) is 0.562. The summed E-state index contributed by atoms with van der Waals surface area (Å²) in [5.74, 6) is 1.27. The minimum atomic E-state index is -0.340. The van der Waals surface area contributed by atoms with E-state index in [4.69, 9.17) is 25.3 Å². The van der Waals surface area contributed by atoms with E-state index in [1.165, 1.54) is 0 Å². The molecule has 0 amide bonds. The van der Waals surface area contributed by atoms with Crippen LogP contribution in [0.2, 0.25) is 0 Å². The maximum absolute atomic E-state index is 15.7. The van der Waals surface area contributed by atoms with Crippen molar-refractivity contribution >= 4 is 34.6 Å². The molecule has 10 nitrogen and oxygen atoms in total. The Kier molecular flexibility index (Phi) is 8.63. The Balaban J connectivity index is 1.17. The van der Waals surface area contributed by atoms with Crippen LogP contribution in [0.25, 0.3) is 16.6 Å². The molecule has 3 aromatic rings. The van der Waals surface area contributed by atoms with E-state index < -0.39 is 0 Å². The van der Waals surface area contributed by atoms with Gasteiger partial charge < -0.3 is 25.2 Å². The van der Waals surface area contributed by atoms with E-state index >= 15 is 4.39 Å². The summed E-state index contributed by atoms with van der Waals surface area (Å²) in [6.07, 6.45) is 13.1. The number of methoxy groups -OCH3 is 1. The molecular weight excluding hydrogens is 549 g/mol. The highest BCUT2D eigenvalue weighted by Crippen LogP contribution is 2.48. The van der Waals surface area contributed by atoms with Crippen LogP contribution in [0, 0.1) is 17.2 Å². The van der Waals surface area contributed by atoms with Crippen molar-refractivity contribution in [3.05, 3.63) is 41.3 Å². The summed E-state index contributed by atoms with van der Waals surface area (Å²) in [6.45, 7) is 5.16. The van der Waals surface area contributed by atoms with Crippen molar-refractivity contribution < 1.29 is 19.0 Å². The van der Waals surface area contributed by atoms with Crippen LogP contribution in [0.1, 0.15) is 63.0 Å². The molecule has 2 aromatic heterocycles. The topological polar surface area (TPSA) is 124 Å². The van der Waals surface area contributed by atoms with E-state index in [-0.39, 0.29) is 24.9 Å². The summed E-state index contributed by atoms with van der Waals surface area (Å²) in [4.78, 5) is 15.6. The lowest BCUT2D eigenvalue weighted by Crippen LogP contribution is -2.53. The zero-order valence-corrected chi connectivity index (χ0v) is 25.1. The van der Waals surface area contributed by atoms with Gasteiger partial charge in [-0.1, -0.05) is 19.4 Å². The molecular formula is C32H42FN7O3. The maximum Gasteiger partial charge on any atom is 0.222 e. The van der Waals surface area contributed by atoms with Crippen LogP contribution in [0.5, 0.6) is 5.75 Å². The van der Waals surface area contributed by atoms with Gasteiger partial charge in [0.2, 0.25) is 5.95 Å². The second kappa shape index (κ2) is 12.6. The Hall–Kier alpha value is -3.57. The van der Waals surface area contributed by atoms with Gasteiger partial charge in [-0.2, -0.15) is 10.1 Å². The predicted molar refractivity (Wildman–Crippen MR) is 166 cm³/mol. The number of fused-ring (bicyclic) bond motifs is 1. The molecule has 1 saturated heterocycles.